The SMILES string of the molecule is CSCC[C@H](NC(=O)[C@H](Cc1cnc[nH]1)NC(=O)CNC(=O)[C@H](CCCCN)NC(=O)[C@H](CC(=O)O)NC(=O)[C@H](CC(C)C)NC(=O)[C@@H](N)Cc1ccccc1)C(=O)N[C@@H](Cc1ccc(O)cc1)C(=O)N[C@H](C(=O)O)C(C)C. The van der Waals surface area contributed by atoms with Crippen LogP contribution in [-0.2, 0) is 67.2 Å². The molecule has 3 rings (SSSR count). The van der Waals surface area contributed by atoms with Crippen LogP contribution in [0.25, 0.3) is 0 Å². The number of benzene rings is 2. The maximum atomic E-state index is 14.1. The minimum atomic E-state index is -1.73. The highest BCUT2D eigenvalue weighted by Crippen LogP contribution is 2.14. The van der Waals surface area contributed by atoms with E-state index in [4.69, 9.17) is 11.5 Å². The normalized spacial score (nSPS) is 14.2. The van der Waals surface area contributed by atoms with Gasteiger partial charge in [-0.25, -0.2) is 9.78 Å². The summed E-state index contributed by atoms with van der Waals surface area (Å²) < 4.78 is 0. The Kier molecular flexibility index (Phi) is 27.8. The predicted molar refractivity (Wildman–Crippen MR) is 289 cm³/mol. The smallest absolute Gasteiger partial charge is 0.326 e. The molecule has 0 unspecified atom stereocenters. The maximum Gasteiger partial charge on any atom is 0.326 e. The summed E-state index contributed by atoms with van der Waals surface area (Å²) in [6.45, 7) is 6.26. The van der Waals surface area contributed by atoms with Gasteiger partial charge in [0.1, 0.15) is 48.0 Å². The van der Waals surface area contributed by atoms with Crippen LogP contribution >= 0.6 is 11.8 Å². The number of unbranched alkanes of at least 4 members (excludes halogenated alkanes) is 1. The molecule has 16 N–H and O–H groups in total. The van der Waals surface area contributed by atoms with Gasteiger partial charge >= 0.3 is 11.9 Å². The molecule has 1 aromatic heterocycles. The van der Waals surface area contributed by atoms with E-state index >= 15 is 0 Å². The van der Waals surface area contributed by atoms with E-state index in [9.17, 15) is 63.3 Å². The molecule has 0 spiro atoms. The minimum absolute atomic E-state index is 0.0326. The molecular weight excluding hydrogens is 1030 g/mol. The third-order valence-corrected chi connectivity index (χ3v) is 12.7. The molecule has 0 aliphatic heterocycles. The van der Waals surface area contributed by atoms with Crippen LogP contribution in [0.1, 0.15) is 83.0 Å². The standard InChI is InChI=1S/C52H76N12O13S/c1-29(2)21-38(61-45(69)35(54)22-31-11-7-6-8-12-31)48(72)63-41(25-43(67)68)50(74)59-36(13-9-10-19-53)46(70)56-27-42(66)58-40(24-33-26-55-28-57-33)49(73)60-37(18-20-78-5)47(71)62-39(23-32-14-16-34(65)17-15-32)51(75)64-44(30(3)4)52(76)77/h6-8,11-12,14-17,26,28-30,35-41,44,65H,9-10,13,18-25,27,53-54H2,1-5H3,(H,55,57)(H,56,70)(H,58,66)(H,59,74)(H,60,73)(H,61,69)(H,62,71)(H,63,72)(H,64,75)(H,67,68)(H,76,77)/t35-,36-,37-,38-,39-,40-,41-,44-/m0/s1. The number of aliphatic carboxylic acids is 2. The van der Waals surface area contributed by atoms with Gasteiger partial charge in [0.25, 0.3) is 0 Å². The monoisotopic (exact) mass is 1110 g/mol. The molecule has 1 heterocycles. The van der Waals surface area contributed by atoms with Gasteiger partial charge in [-0.3, -0.25) is 43.2 Å². The van der Waals surface area contributed by atoms with Gasteiger partial charge in [0.05, 0.1) is 25.3 Å². The summed E-state index contributed by atoms with van der Waals surface area (Å²) in [5, 5.41) is 49.7. The predicted octanol–water partition coefficient (Wildman–Crippen LogP) is -0.876. The van der Waals surface area contributed by atoms with Gasteiger partial charge in [-0.05, 0) is 92.2 Å². The fourth-order valence-corrected chi connectivity index (χ4v) is 8.36. The van der Waals surface area contributed by atoms with E-state index in [1.807, 2.05) is 0 Å². The summed E-state index contributed by atoms with van der Waals surface area (Å²) in [6.07, 6.45) is 4.27. The fourth-order valence-electron chi connectivity index (χ4n) is 7.89. The fraction of sp³-hybridized carbons (Fsp3) is 0.519. The van der Waals surface area contributed by atoms with Crippen LogP contribution in [0, 0.1) is 11.8 Å². The average Bonchev–Trinajstić information content (AvgIpc) is 3.92. The molecule has 8 amide bonds. The molecule has 0 aliphatic rings. The number of carboxylic acid groups (broad SMARTS) is 2. The number of hydrogen-bond acceptors (Lipinski definition) is 15. The molecule has 0 aliphatic carbocycles. The molecule has 0 radical (unpaired) electrons. The number of carboxylic acids is 2. The number of thioether (sulfide) groups is 1. The van der Waals surface area contributed by atoms with E-state index in [-0.39, 0.29) is 56.7 Å². The largest absolute Gasteiger partial charge is 0.508 e. The second-order valence-electron chi connectivity index (χ2n) is 19.5. The van der Waals surface area contributed by atoms with Gasteiger partial charge < -0.3 is 74.3 Å². The van der Waals surface area contributed by atoms with Crippen molar-refractivity contribution in [3.63, 3.8) is 0 Å². The zero-order valence-electron chi connectivity index (χ0n) is 44.5. The number of nitrogens with zero attached hydrogens (tertiary/aromatic N) is 1. The van der Waals surface area contributed by atoms with Crippen LogP contribution in [0.2, 0.25) is 0 Å². The van der Waals surface area contributed by atoms with Crippen molar-refractivity contribution in [3.05, 3.63) is 83.9 Å². The molecule has 26 heteroatoms. The van der Waals surface area contributed by atoms with Gasteiger partial charge in [-0.1, -0.05) is 70.2 Å². The molecule has 25 nitrogen and oxygen atoms in total. The molecule has 78 heavy (non-hydrogen) atoms. The number of aromatic hydroxyl groups is 1. The number of phenolic OH excluding ortho intramolecular Hbond substituents is 1. The second kappa shape index (κ2) is 33.5. The highest BCUT2D eigenvalue weighted by molar-refractivity contribution is 7.98. The van der Waals surface area contributed by atoms with Gasteiger partial charge in [0, 0.05) is 24.7 Å². The number of H-pyrrole nitrogens is 1. The molecule has 0 saturated heterocycles. The van der Waals surface area contributed by atoms with Gasteiger partial charge in [-0.15, -0.1) is 0 Å². The first-order valence-corrected chi connectivity index (χ1v) is 27.0. The molecule has 0 saturated carbocycles. The lowest BCUT2D eigenvalue weighted by Crippen LogP contribution is -2.59. The van der Waals surface area contributed by atoms with Crippen molar-refractivity contribution in [1.29, 1.82) is 0 Å². The topological polar surface area (TPSA) is 408 Å². The molecule has 8 atom stereocenters. The molecule has 0 fully saturated rings. The Hall–Kier alpha value is -7.58. The van der Waals surface area contributed by atoms with E-state index in [0.717, 1.165) is 5.56 Å². The Morgan fingerprint density at radius 3 is 1.76 bits per heavy atom. The number of imidazole rings is 1. The summed E-state index contributed by atoms with van der Waals surface area (Å²) in [5.41, 5.74) is 13.5. The van der Waals surface area contributed by atoms with E-state index in [1.165, 1.54) is 48.6 Å². The lowest BCUT2D eigenvalue weighted by molar-refractivity contribution is -0.143. The summed E-state index contributed by atoms with van der Waals surface area (Å²) in [6, 6.07) is 4.05. The zero-order chi connectivity index (χ0) is 57.9. The molecule has 0 bridgehead atoms. The van der Waals surface area contributed by atoms with Crippen molar-refractivity contribution < 1.29 is 63.3 Å². The number of hydrogen-bond donors (Lipinski definition) is 14. The van der Waals surface area contributed by atoms with Crippen LogP contribution in [0.5, 0.6) is 5.75 Å². The Morgan fingerprint density at radius 1 is 0.628 bits per heavy atom. The number of nitrogens with two attached hydrogens (primary N) is 2. The van der Waals surface area contributed by atoms with Crippen LogP contribution in [-0.4, -0.2) is 158 Å². The first-order chi connectivity index (χ1) is 37.0. The number of amides is 8. The number of aromatic amines is 1. The van der Waals surface area contributed by atoms with E-state index in [2.05, 4.69) is 52.5 Å². The summed E-state index contributed by atoms with van der Waals surface area (Å²) >= 11 is 1.36. The number of carbonyl (C=O) groups excluding carboxylic acids is 8. The lowest BCUT2D eigenvalue weighted by Gasteiger charge is -2.27. The third kappa shape index (κ3) is 23.3. The molecule has 428 valence electrons. The van der Waals surface area contributed by atoms with Crippen molar-refractivity contribution in [3.8, 4) is 5.75 Å². The number of phenols is 1. The second-order valence-corrected chi connectivity index (χ2v) is 20.4. The number of aromatic nitrogens is 2. The first kappa shape index (κ1) is 64.7. The van der Waals surface area contributed by atoms with Gasteiger partial charge in [0.2, 0.25) is 47.3 Å². The van der Waals surface area contributed by atoms with Gasteiger partial charge in [-0.2, -0.15) is 11.8 Å². The number of nitrogens with one attached hydrogen (secondary N) is 9. The quantitative estimate of drug-likeness (QED) is 0.0318. The van der Waals surface area contributed by atoms with Crippen molar-refractivity contribution in [2.24, 2.45) is 23.3 Å². The average molecular weight is 1110 g/mol. The van der Waals surface area contributed by atoms with Crippen molar-refractivity contribution >= 4 is 71.0 Å². The van der Waals surface area contributed by atoms with E-state index in [0.29, 0.717) is 29.9 Å². The Labute approximate surface area is 457 Å². The van der Waals surface area contributed by atoms with Crippen LogP contribution in [0.3, 0.4) is 0 Å². The van der Waals surface area contributed by atoms with Crippen molar-refractivity contribution in [1.82, 2.24) is 52.5 Å². The van der Waals surface area contributed by atoms with E-state index < -0.39 is 126 Å². The molecular formula is C52H76N12O13S. The van der Waals surface area contributed by atoms with Gasteiger partial charge in [0.15, 0.2) is 0 Å². The molecule has 3 aromatic rings. The Morgan fingerprint density at radius 2 is 1.18 bits per heavy atom. The highest BCUT2D eigenvalue weighted by Gasteiger charge is 2.35. The minimum Gasteiger partial charge on any atom is -0.508 e. The highest BCUT2D eigenvalue weighted by atomic mass is 32.2. The number of rotatable bonds is 35. The lowest BCUT2D eigenvalue weighted by atomic mass is 10.0. The summed E-state index contributed by atoms with van der Waals surface area (Å²) in [5.74, 6) is -9.95. The summed E-state index contributed by atoms with van der Waals surface area (Å²) in [4.78, 5) is 141. The summed E-state index contributed by atoms with van der Waals surface area (Å²) in [7, 11) is 0. The number of carbonyl (C=O) groups is 10. The van der Waals surface area contributed by atoms with Crippen molar-refractivity contribution in [2.45, 2.75) is 134 Å². The first-order valence-electron chi connectivity index (χ1n) is 25.6. The third-order valence-electron chi connectivity index (χ3n) is 12.1. The van der Waals surface area contributed by atoms with Crippen LogP contribution < -0.4 is 54.0 Å². The molecule has 2 aromatic carbocycles. The Balaban J connectivity index is 1.79. The van der Waals surface area contributed by atoms with Crippen molar-refractivity contribution in [2.75, 3.05) is 25.1 Å². The van der Waals surface area contributed by atoms with E-state index in [1.54, 1.807) is 64.3 Å². The van der Waals surface area contributed by atoms with Crippen LogP contribution in [0.15, 0.2) is 67.1 Å². The van der Waals surface area contributed by atoms with Crippen LogP contribution in [0.4, 0.5) is 0 Å². The Bertz CT molecular complexity index is 2450. The zero-order valence-corrected chi connectivity index (χ0v) is 45.4. The maximum absolute atomic E-state index is 14.1.